The number of allylic oxidation sites excluding steroid dienone is 4. The minimum absolute atomic E-state index is 0. The SMILES string of the molecule is CC(C)(C)NCc1cccc(C[PH+](C(C)(C)C)C(C)(C)C)n1.CC(C)(C)[N-]C=C1C=CC=C(C[PH+](C(C)(C)C)C(C)(C)C)[N-]1.[CH-]=O.[CH-]=O.[Cl][RuH+2].[RuH+3]. The summed E-state index contributed by atoms with van der Waals surface area (Å²) in [7, 11) is 3.44. The number of halogens is 1. The third-order valence-electron chi connectivity index (χ3n) is 7.41. The Balaban J connectivity index is -0.000000371. The molecule has 0 aromatic carbocycles. The first-order valence-electron chi connectivity index (χ1n) is 17.1. The van der Waals surface area contributed by atoms with Gasteiger partial charge in [-0.1, -0.05) is 45.1 Å². The molecule has 51 heavy (non-hydrogen) atoms. The summed E-state index contributed by atoms with van der Waals surface area (Å²) < 4.78 is 0. The molecular formula is C40H74ClN4O2P2Ru2+3. The molecule has 1 N–H and O–H groups in total. The molecule has 1 aliphatic heterocycles. The van der Waals surface area contributed by atoms with E-state index >= 15 is 0 Å². The van der Waals surface area contributed by atoms with Gasteiger partial charge in [0.15, 0.2) is 0 Å². The van der Waals surface area contributed by atoms with Gasteiger partial charge in [-0.25, -0.2) is 0 Å². The quantitative estimate of drug-likeness (QED) is 0.128. The fourth-order valence-corrected chi connectivity index (χ4v) is 13.4. The van der Waals surface area contributed by atoms with E-state index in [2.05, 4.69) is 189 Å². The van der Waals surface area contributed by atoms with Crippen LogP contribution in [0.5, 0.6) is 0 Å². The van der Waals surface area contributed by atoms with Crippen molar-refractivity contribution in [2.24, 2.45) is 0 Å². The molecule has 0 spiro atoms. The van der Waals surface area contributed by atoms with Crippen LogP contribution in [-0.2, 0) is 59.1 Å². The number of nitrogens with zero attached hydrogens (tertiary/aromatic N) is 3. The molecule has 1 radical (unpaired) electrons. The average Bonchev–Trinajstić information content (AvgIpc) is 2.97. The molecule has 2 rings (SSSR count). The van der Waals surface area contributed by atoms with Gasteiger partial charge in [-0.05, 0) is 116 Å². The summed E-state index contributed by atoms with van der Waals surface area (Å²) in [5.74, 6) is 0. The number of pyridine rings is 1. The number of carbonyl (C=O) groups excluding carboxylic acids is 2. The van der Waals surface area contributed by atoms with Crippen molar-refractivity contribution in [1.29, 1.82) is 0 Å². The van der Waals surface area contributed by atoms with E-state index in [0.717, 1.165) is 30.3 Å². The molecule has 1 aromatic rings. The molecule has 1 aliphatic rings. The van der Waals surface area contributed by atoms with Crippen molar-refractivity contribution in [3.63, 3.8) is 0 Å². The van der Waals surface area contributed by atoms with E-state index in [-0.39, 0.29) is 30.6 Å². The zero-order valence-corrected chi connectivity index (χ0v) is 41.6. The second-order valence-corrected chi connectivity index (χ2v) is 27.1. The average molecular weight is 943 g/mol. The van der Waals surface area contributed by atoms with Crippen LogP contribution < -0.4 is 5.32 Å². The normalized spacial score (nSPS) is 14.2. The number of rotatable bonds is 7. The van der Waals surface area contributed by atoms with Crippen molar-refractivity contribution in [3.8, 4) is 0 Å². The molecule has 0 bridgehead atoms. The first kappa shape index (κ1) is 57.4. The van der Waals surface area contributed by atoms with Crippen LogP contribution in [0.2, 0.25) is 0 Å². The molecule has 0 aliphatic carbocycles. The standard InChI is InChI=1S/C19H35N2P.C19H33N2P.2CHO.ClH.2Ru.2H/c2*1-17(2,3)20-13-15-11-10-12-16(21-15)14-22(18(4,5)6)19(7,8)9;2*1-2;;;;;/h10-12,20H,13-14H2,1-9H3;10-13H,14H2,1-9H3;2*1H;1H;;;;/q;-2;2*-1;;2*+3;;/p+1. The van der Waals surface area contributed by atoms with Gasteiger partial charge in [-0.3, -0.25) is 18.6 Å². The summed E-state index contributed by atoms with van der Waals surface area (Å²) in [5, 5.41) is 14.4. The Morgan fingerprint density at radius 2 is 1.16 bits per heavy atom. The molecule has 2 heterocycles. The Labute approximate surface area is 344 Å². The maximum atomic E-state index is 7.75. The van der Waals surface area contributed by atoms with E-state index in [9.17, 15) is 0 Å². The number of aromatic nitrogens is 1. The van der Waals surface area contributed by atoms with Gasteiger partial charge in [-0.15, -0.1) is 11.2 Å². The van der Waals surface area contributed by atoms with Gasteiger partial charge in [0.25, 0.3) is 0 Å². The van der Waals surface area contributed by atoms with Crippen LogP contribution in [0.1, 0.15) is 136 Å². The van der Waals surface area contributed by atoms with Crippen molar-refractivity contribution < 1.29 is 46.4 Å². The molecule has 0 saturated heterocycles. The zero-order valence-electron chi connectivity index (χ0n) is 35.1. The molecule has 0 fully saturated rings. The molecule has 0 unspecified atom stereocenters. The number of hydrogen-bond donors (Lipinski definition) is 1. The van der Waals surface area contributed by atoms with Gasteiger partial charge in [0.2, 0.25) is 0 Å². The van der Waals surface area contributed by atoms with Gasteiger partial charge in [-0.2, -0.15) is 11.9 Å². The fourth-order valence-electron chi connectivity index (χ4n) is 5.68. The van der Waals surface area contributed by atoms with Gasteiger partial charge in [0, 0.05) is 27.9 Å². The third-order valence-corrected chi connectivity index (χ3v) is 16.1. The maximum absolute atomic E-state index is 7.75. The van der Waals surface area contributed by atoms with E-state index in [4.69, 9.17) is 19.9 Å². The Kier molecular flexibility index (Phi) is 28.9. The molecule has 1 aromatic heterocycles. The summed E-state index contributed by atoms with van der Waals surface area (Å²) in [6, 6.07) is 6.48. The van der Waals surface area contributed by atoms with E-state index < -0.39 is 15.8 Å². The Morgan fingerprint density at radius 3 is 1.55 bits per heavy atom. The van der Waals surface area contributed by atoms with Crippen LogP contribution in [0.4, 0.5) is 0 Å². The minimum atomic E-state index is -0.594. The van der Waals surface area contributed by atoms with Crippen LogP contribution in [0.15, 0.2) is 54.0 Å². The second kappa shape index (κ2) is 25.7. The van der Waals surface area contributed by atoms with Crippen LogP contribution >= 0.6 is 25.5 Å². The predicted octanol–water partition coefficient (Wildman–Crippen LogP) is 11.5. The number of hydrogen-bond acceptors (Lipinski definition) is 4. The molecule has 296 valence electrons. The first-order valence-corrected chi connectivity index (χ1v) is 22.9. The summed E-state index contributed by atoms with van der Waals surface area (Å²) in [4.78, 5) is 20.4. The Hall–Kier alpha value is -0.333. The zero-order chi connectivity index (χ0) is 40.4. The second-order valence-electron chi connectivity index (χ2n) is 18.5. The van der Waals surface area contributed by atoms with E-state index in [0.29, 0.717) is 20.6 Å². The summed E-state index contributed by atoms with van der Waals surface area (Å²) in [5.41, 5.74) is 4.66. The van der Waals surface area contributed by atoms with Gasteiger partial charge in [0.1, 0.15) is 0 Å². The third kappa shape index (κ3) is 27.8. The van der Waals surface area contributed by atoms with Gasteiger partial charge >= 0.3 is 46.5 Å². The topological polar surface area (TPSA) is 87.3 Å². The summed E-state index contributed by atoms with van der Waals surface area (Å²) in [6.07, 6.45) is 10.5. The van der Waals surface area contributed by atoms with Crippen molar-refractivity contribution in [2.45, 2.75) is 169 Å². The summed E-state index contributed by atoms with van der Waals surface area (Å²) >= 11 is 1.62. The van der Waals surface area contributed by atoms with Crippen molar-refractivity contribution in [2.75, 3.05) is 6.16 Å². The fraction of sp³-hybridized carbons (Fsp3) is 0.675. The van der Waals surface area contributed by atoms with Gasteiger partial charge < -0.3 is 25.5 Å². The first-order chi connectivity index (χ1) is 22.6. The molecule has 11 heteroatoms. The molecular weight excluding hydrogens is 868 g/mol. The predicted molar refractivity (Wildman–Crippen MR) is 229 cm³/mol. The van der Waals surface area contributed by atoms with Crippen LogP contribution in [0, 0.1) is 0 Å². The van der Waals surface area contributed by atoms with E-state index in [1.54, 1.807) is 17.3 Å². The van der Waals surface area contributed by atoms with E-state index in [1.165, 1.54) is 11.4 Å². The van der Waals surface area contributed by atoms with Crippen LogP contribution in [0.3, 0.4) is 0 Å². The van der Waals surface area contributed by atoms with E-state index in [1.807, 2.05) is 12.3 Å². The monoisotopic (exact) mass is 943 g/mol. The Bertz CT molecular complexity index is 1160. The van der Waals surface area contributed by atoms with Crippen molar-refractivity contribution in [3.05, 3.63) is 76.0 Å². The molecule has 0 amide bonds. The molecule has 0 atom stereocenters. The molecule has 6 nitrogen and oxygen atoms in total. The molecule has 0 saturated carbocycles. The van der Waals surface area contributed by atoms with Crippen LogP contribution in [-0.4, -0.2) is 56.4 Å². The van der Waals surface area contributed by atoms with Crippen LogP contribution in [0.25, 0.3) is 10.6 Å². The Morgan fingerprint density at radius 1 is 0.745 bits per heavy atom. The summed E-state index contributed by atoms with van der Waals surface area (Å²) in [6.45, 7) is 48.8. The van der Waals surface area contributed by atoms with Crippen molar-refractivity contribution >= 4 is 39.1 Å². The van der Waals surface area contributed by atoms with Gasteiger partial charge in [0.05, 0.1) is 44.3 Å². The van der Waals surface area contributed by atoms with Crippen molar-refractivity contribution in [1.82, 2.24) is 10.3 Å². The number of nitrogens with one attached hydrogen (secondary N) is 1.